The van der Waals surface area contributed by atoms with Crippen LogP contribution in [0.5, 0.6) is 0 Å². The van der Waals surface area contributed by atoms with Crippen molar-refractivity contribution in [2.75, 3.05) is 13.1 Å². The topological polar surface area (TPSA) is 56.7 Å². The molecule has 0 atom stereocenters. The highest BCUT2D eigenvalue weighted by Crippen LogP contribution is 2.15. The van der Waals surface area contributed by atoms with Gasteiger partial charge in [-0.1, -0.05) is 24.3 Å². The van der Waals surface area contributed by atoms with Crippen LogP contribution < -0.4 is 10.6 Å². The van der Waals surface area contributed by atoms with Gasteiger partial charge >= 0.3 is 0 Å². The first-order chi connectivity index (χ1) is 11.1. The van der Waals surface area contributed by atoms with Gasteiger partial charge in [-0.15, -0.1) is 0 Å². The summed E-state index contributed by atoms with van der Waals surface area (Å²) in [6.45, 7) is 9.32. The Morgan fingerprint density at radius 2 is 2.13 bits per heavy atom. The van der Waals surface area contributed by atoms with Gasteiger partial charge in [0.15, 0.2) is 5.96 Å². The molecule has 1 aliphatic rings. The molecule has 0 aromatic heterocycles. The Bertz CT molecular complexity index is 554. The highest BCUT2D eigenvalue weighted by atomic mass is 16.2. The number of carbonyl (C=O) groups is 1. The lowest BCUT2D eigenvalue weighted by molar-refractivity contribution is -0.128. The lowest BCUT2D eigenvalue weighted by atomic mass is 10.1. The average Bonchev–Trinajstić information content (AvgIpc) is 2.90. The molecule has 1 heterocycles. The van der Waals surface area contributed by atoms with Gasteiger partial charge in [0.2, 0.25) is 5.91 Å². The quantitative estimate of drug-likeness (QED) is 0.625. The first-order valence-electron chi connectivity index (χ1n) is 8.49. The number of benzene rings is 1. The number of likely N-dealkylation sites (tertiary alicyclic amines) is 1. The summed E-state index contributed by atoms with van der Waals surface area (Å²) in [5.41, 5.74) is 2.34. The van der Waals surface area contributed by atoms with Gasteiger partial charge in [0.1, 0.15) is 0 Å². The lowest BCUT2D eigenvalue weighted by Gasteiger charge is -2.16. The fraction of sp³-hybridized carbons (Fsp3) is 0.556. The molecule has 0 spiro atoms. The Morgan fingerprint density at radius 3 is 2.78 bits per heavy atom. The van der Waals surface area contributed by atoms with Crippen molar-refractivity contribution in [3.05, 3.63) is 35.4 Å². The van der Waals surface area contributed by atoms with Crippen LogP contribution in [0.4, 0.5) is 0 Å². The lowest BCUT2D eigenvalue weighted by Crippen LogP contribution is -2.41. The van der Waals surface area contributed by atoms with Crippen molar-refractivity contribution < 1.29 is 4.79 Å². The van der Waals surface area contributed by atoms with Crippen molar-refractivity contribution in [1.82, 2.24) is 15.5 Å². The molecule has 0 bridgehead atoms. The summed E-state index contributed by atoms with van der Waals surface area (Å²) in [7, 11) is 0. The van der Waals surface area contributed by atoms with Crippen molar-refractivity contribution in [1.29, 1.82) is 0 Å². The maximum atomic E-state index is 11.7. The van der Waals surface area contributed by atoms with Crippen molar-refractivity contribution in [2.45, 2.75) is 52.7 Å². The van der Waals surface area contributed by atoms with E-state index >= 15 is 0 Å². The molecule has 5 nitrogen and oxygen atoms in total. The summed E-state index contributed by atoms with van der Waals surface area (Å²) >= 11 is 0. The third kappa shape index (κ3) is 5.58. The molecule has 0 saturated carbocycles. The molecule has 2 N–H and O–H groups in total. The van der Waals surface area contributed by atoms with Gasteiger partial charge in [0.25, 0.3) is 0 Å². The van der Waals surface area contributed by atoms with Gasteiger partial charge in [0, 0.05) is 32.1 Å². The number of rotatable bonds is 6. The Kier molecular flexibility index (Phi) is 6.44. The predicted octanol–water partition coefficient (Wildman–Crippen LogP) is 2.27. The van der Waals surface area contributed by atoms with E-state index in [0.29, 0.717) is 25.6 Å². The second-order valence-corrected chi connectivity index (χ2v) is 6.23. The van der Waals surface area contributed by atoms with E-state index < -0.39 is 0 Å². The predicted molar refractivity (Wildman–Crippen MR) is 94.2 cm³/mol. The average molecular weight is 316 g/mol. The second kappa shape index (κ2) is 8.56. The van der Waals surface area contributed by atoms with E-state index in [2.05, 4.69) is 54.6 Å². The van der Waals surface area contributed by atoms with Crippen LogP contribution in [0.1, 0.15) is 44.7 Å². The van der Waals surface area contributed by atoms with E-state index in [-0.39, 0.29) is 5.91 Å². The SMILES string of the molecule is CCNC(=NCc1cccc(CN2CCCC2=O)c1)NC(C)C. The van der Waals surface area contributed by atoms with Crippen LogP contribution in [0.2, 0.25) is 0 Å². The Hall–Kier alpha value is -2.04. The normalized spacial score (nSPS) is 15.4. The number of aliphatic imine (C=N–C) groups is 1. The van der Waals surface area contributed by atoms with Crippen molar-refractivity contribution in [3.8, 4) is 0 Å². The minimum absolute atomic E-state index is 0.268. The van der Waals surface area contributed by atoms with Crippen LogP contribution in [0, 0.1) is 0 Å². The van der Waals surface area contributed by atoms with Crippen molar-refractivity contribution >= 4 is 11.9 Å². The molecule has 1 aromatic carbocycles. The maximum absolute atomic E-state index is 11.7. The minimum atomic E-state index is 0.268. The standard InChI is InChI=1S/C18H28N4O/c1-4-19-18(21-14(2)3)20-12-15-7-5-8-16(11-15)13-22-10-6-9-17(22)23/h5,7-8,11,14H,4,6,9-10,12-13H2,1-3H3,(H2,19,20,21). The minimum Gasteiger partial charge on any atom is -0.357 e. The van der Waals surface area contributed by atoms with Crippen molar-refractivity contribution in [2.24, 2.45) is 4.99 Å². The monoisotopic (exact) mass is 316 g/mol. The molecule has 1 aliphatic heterocycles. The number of carbonyl (C=O) groups excluding carboxylic acids is 1. The van der Waals surface area contributed by atoms with Gasteiger partial charge in [-0.25, -0.2) is 4.99 Å². The van der Waals surface area contributed by atoms with Gasteiger partial charge in [-0.05, 0) is 38.3 Å². The number of hydrogen-bond acceptors (Lipinski definition) is 2. The van der Waals surface area contributed by atoms with Crippen LogP contribution in [-0.4, -0.2) is 35.9 Å². The molecule has 126 valence electrons. The van der Waals surface area contributed by atoms with E-state index in [0.717, 1.165) is 31.0 Å². The van der Waals surface area contributed by atoms with Gasteiger partial charge in [-0.3, -0.25) is 4.79 Å². The number of guanidine groups is 1. The summed E-state index contributed by atoms with van der Waals surface area (Å²) in [6, 6.07) is 8.70. The summed E-state index contributed by atoms with van der Waals surface area (Å²) < 4.78 is 0. The summed E-state index contributed by atoms with van der Waals surface area (Å²) in [6.07, 6.45) is 1.67. The zero-order valence-corrected chi connectivity index (χ0v) is 14.4. The Morgan fingerprint density at radius 1 is 1.35 bits per heavy atom. The van der Waals surface area contributed by atoms with Crippen LogP contribution in [0.3, 0.4) is 0 Å². The molecule has 1 aromatic rings. The molecular weight excluding hydrogens is 288 g/mol. The highest BCUT2D eigenvalue weighted by Gasteiger charge is 2.19. The smallest absolute Gasteiger partial charge is 0.222 e. The number of nitrogens with one attached hydrogen (secondary N) is 2. The third-order valence-corrected chi connectivity index (χ3v) is 3.73. The summed E-state index contributed by atoms with van der Waals surface area (Å²) in [4.78, 5) is 18.3. The second-order valence-electron chi connectivity index (χ2n) is 6.23. The van der Waals surface area contributed by atoms with E-state index in [1.807, 2.05) is 11.0 Å². The molecular formula is C18H28N4O. The van der Waals surface area contributed by atoms with E-state index in [4.69, 9.17) is 0 Å². The molecule has 0 aliphatic carbocycles. The fourth-order valence-electron chi connectivity index (χ4n) is 2.68. The fourth-order valence-corrected chi connectivity index (χ4v) is 2.68. The Balaban J connectivity index is 1.99. The van der Waals surface area contributed by atoms with E-state index in [9.17, 15) is 4.79 Å². The van der Waals surface area contributed by atoms with Gasteiger partial charge < -0.3 is 15.5 Å². The van der Waals surface area contributed by atoms with Crippen LogP contribution in [0.25, 0.3) is 0 Å². The van der Waals surface area contributed by atoms with Gasteiger partial charge in [-0.2, -0.15) is 0 Å². The molecule has 1 saturated heterocycles. The molecule has 1 amide bonds. The zero-order valence-electron chi connectivity index (χ0n) is 14.4. The van der Waals surface area contributed by atoms with E-state index in [1.165, 1.54) is 5.56 Å². The molecule has 0 unspecified atom stereocenters. The number of hydrogen-bond donors (Lipinski definition) is 2. The Labute approximate surface area is 139 Å². The highest BCUT2D eigenvalue weighted by molar-refractivity contribution is 5.80. The maximum Gasteiger partial charge on any atom is 0.222 e. The van der Waals surface area contributed by atoms with Crippen LogP contribution in [-0.2, 0) is 17.9 Å². The van der Waals surface area contributed by atoms with Crippen molar-refractivity contribution in [3.63, 3.8) is 0 Å². The summed E-state index contributed by atoms with van der Waals surface area (Å²) in [5, 5.41) is 6.57. The molecule has 5 heteroatoms. The van der Waals surface area contributed by atoms with Gasteiger partial charge in [0.05, 0.1) is 6.54 Å². The molecule has 2 rings (SSSR count). The first-order valence-corrected chi connectivity index (χ1v) is 8.49. The number of nitrogens with zero attached hydrogens (tertiary/aromatic N) is 2. The largest absolute Gasteiger partial charge is 0.357 e. The zero-order chi connectivity index (χ0) is 16.7. The molecule has 1 fully saturated rings. The number of amides is 1. The third-order valence-electron chi connectivity index (χ3n) is 3.73. The molecule has 23 heavy (non-hydrogen) atoms. The summed E-state index contributed by atoms with van der Waals surface area (Å²) in [5.74, 6) is 1.10. The van der Waals surface area contributed by atoms with Crippen LogP contribution >= 0.6 is 0 Å². The molecule has 0 radical (unpaired) electrons. The first kappa shape index (κ1) is 17.3. The van der Waals surface area contributed by atoms with Crippen LogP contribution in [0.15, 0.2) is 29.3 Å². The van der Waals surface area contributed by atoms with E-state index in [1.54, 1.807) is 0 Å².